The van der Waals surface area contributed by atoms with E-state index < -0.39 is 28.5 Å². The van der Waals surface area contributed by atoms with E-state index in [1.165, 1.54) is 24.0 Å². The summed E-state index contributed by atoms with van der Waals surface area (Å²) in [5.74, 6) is 1.56. The predicted molar refractivity (Wildman–Crippen MR) is 167 cm³/mol. The SMILES string of the molecule is O=C1CCC2(O)C3N(CC4CC4)C34CC23c2c4ccc(OS(=O)OC4CCC(c5ccccc5)(c5ccccc5)CC4)c2OC13. The molecule has 5 fully saturated rings. The molecule has 4 saturated carbocycles. The number of carbonyl (C=O) groups is 1. The van der Waals surface area contributed by atoms with Crippen LogP contribution in [0.25, 0.3) is 0 Å². The Labute approximate surface area is 265 Å². The number of benzene rings is 3. The molecule has 7 nitrogen and oxygen atoms in total. The van der Waals surface area contributed by atoms with Gasteiger partial charge in [0.05, 0.1) is 28.7 Å². The number of carbonyl (C=O) groups excluding carboxylic acids is 1. The zero-order chi connectivity index (χ0) is 30.2. The molecule has 8 heteroatoms. The Kier molecular flexibility index (Phi) is 5.46. The number of likely N-dealkylation sites (tertiary alicyclic amines) is 1. The molecule has 7 atom stereocenters. The van der Waals surface area contributed by atoms with Crippen molar-refractivity contribution >= 4 is 17.1 Å². The fourth-order valence-corrected chi connectivity index (χ4v) is 11.4. The van der Waals surface area contributed by atoms with Crippen LogP contribution in [0.1, 0.15) is 80.0 Å². The van der Waals surface area contributed by atoms with Gasteiger partial charge in [0.2, 0.25) is 0 Å². The lowest BCUT2D eigenvalue weighted by atomic mass is 9.59. The van der Waals surface area contributed by atoms with E-state index in [9.17, 15) is 14.1 Å². The normalized spacial score (nSPS) is 37.1. The van der Waals surface area contributed by atoms with Gasteiger partial charge in [0.1, 0.15) is 0 Å². The number of fused-ring (bicyclic) bond motifs is 1. The Hall–Kier alpha value is -3.04. The van der Waals surface area contributed by atoms with Gasteiger partial charge in [-0.25, -0.2) is 0 Å². The fourth-order valence-electron chi connectivity index (χ4n) is 10.6. The Bertz CT molecular complexity index is 1710. The lowest BCUT2D eigenvalue weighted by Crippen LogP contribution is -2.64. The molecule has 3 aromatic rings. The number of rotatable bonds is 8. The number of nitrogens with zero attached hydrogens (tertiary/aromatic N) is 1. The summed E-state index contributed by atoms with van der Waals surface area (Å²) in [6.45, 7) is 1.00. The number of hydrogen-bond acceptors (Lipinski definition) is 7. The van der Waals surface area contributed by atoms with Crippen LogP contribution in [0.5, 0.6) is 11.5 Å². The van der Waals surface area contributed by atoms with Gasteiger partial charge in [-0.2, -0.15) is 4.21 Å². The molecule has 7 aliphatic rings. The Morgan fingerprint density at radius 3 is 2.27 bits per heavy atom. The van der Waals surface area contributed by atoms with Crippen LogP contribution in [0.2, 0.25) is 0 Å². The Morgan fingerprint density at radius 2 is 1.60 bits per heavy atom. The third-order valence-electron chi connectivity index (χ3n) is 12.7. The van der Waals surface area contributed by atoms with Crippen LogP contribution in [0.4, 0.5) is 0 Å². The second-order valence-corrected chi connectivity index (χ2v) is 15.4. The van der Waals surface area contributed by atoms with Gasteiger partial charge in [-0.3, -0.25) is 13.9 Å². The first-order valence-corrected chi connectivity index (χ1v) is 17.7. The number of piperidine rings is 1. The van der Waals surface area contributed by atoms with Crippen LogP contribution < -0.4 is 8.92 Å². The maximum absolute atomic E-state index is 13.4. The van der Waals surface area contributed by atoms with Gasteiger partial charge in [0.15, 0.2) is 23.4 Å². The number of hydrogen-bond donors (Lipinski definition) is 1. The molecule has 0 amide bonds. The summed E-state index contributed by atoms with van der Waals surface area (Å²) in [6, 6.07) is 25.2. The summed E-state index contributed by atoms with van der Waals surface area (Å²) in [7, 11) is 0. The lowest BCUT2D eigenvalue weighted by Gasteiger charge is -2.47. The van der Waals surface area contributed by atoms with Crippen molar-refractivity contribution in [3.05, 3.63) is 95.1 Å². The van der Waals surface area contributed by atoms with Gasteiger partial charge in [-0.1, -0.05) is 66.7 Å². The average molecular weight is 624 g/mol. The molecular formula is C37H37NO6S. The average Bonchev–Trinajstić information content (AvgIpc) is 3.91. The molecule has 0 aromatic heterocycles. The topological polar surface area (TPSA) is 85.1 Å². The maximum Gasteiger partial charge on any atom is 0.360 e. The van der Waals surface area contributed by atoms with E-state index in [2.05, 4.69) is 59.5 Å². The second-order valence-electron chi connectivity index (χ2n) is 14.7. The highest BCUT2D eigenvalue weighted by Crippen LogP contribution is 2.82. The fraction of sp³-hybridized carbons (Fsp3) is 0.486. The predicted octanol–water partition coefficient (Wildman–Crippen LogP) is 5.39. The third kappa shape index (κ3) is 3.36. The molecule has 1 N–H and O–H groups in total. The van der Waals surface area contributed by atoms with E-state index in [0.29, 0.717) is 36.7 Å². The van der Waals surface area contributed by atoms with Crippen molar-refractivity contribution in [1.29, 1.82) is 0 Å². The summed E-state index contributed by atoms with van der Waals surface area (Å²) in [4.78, 5) is 15.8. The standard InChI is InChI=1S/C37H37NO6S/c39-28-17-20-37(40)33-36(38(33)21-23-11-12-23)22-35(37)30-27(36)13-14-29(31(30)42-32(28)35)44-45(41)43-26-15-18-34(19-16-26,24-7-3-1-4-8-24)25-9-5-2-6-10-25/h1-10,13-14,23,26,32-33,40H,11-12,15-22H2. The van der Waals surface area contributed by atoms with Crippen LogP contribution in [-0.2, 0) is 36.7 Å². The molecule has 0 radical (unpaired) electrons. The van der Waals surface area contributed by atoms with E-state index in [1.807, 2.05) is 18.2 Å². The number of Topliss-reactive ketones (excluding diaryl/α,β-unsaturated/α-hetero) is 1. The quantitative estimate of drug-likeness (QED) is 0.337. The van der Waals surface area contributed by atoms with Crippen molar-refractivity contribution in [2.45, 2.75) is 98.0 Å². The lowest BCUT2D eigenvalue weighted by molar-refractivity contribution is -0.148. The molecular weight excluding hydrogens is 586 g/mol. The first kappa shape index (κ1) is 27.1. The van der Waals surface area contributed by atoms with Gasteiger partial charge >= 0.3 is 11.4 Å². The smallest absolute Gasteiger partial charge is 0.360 e. The first-order chi connectivity index (χ1) is 21.9. The van der Waals surface area contributed by atoms with Gasteiger partial charge in [-0.15, -0.1) is 0 Å². The molecule has 2 bridgehead atoms. The van der Waals surface area contributed by atoms with Crippen LogP contribution in [0, 0.1) is 5.92 Å². The van der Waals surface area contributed by atoms with E-state index in [0.717, 1.165) is 43.4 Å². The van der Waals surface area contributed by atoms with E-state index in [1.54, 1.807) is 0 Å². The minimum atomic E-state index is -2.05. The molecule has 2 aliphatic heterocycles. The number of ketones is 1. The van der Waals surface area contributed by atoms with Crippen molar-refractivity contribution in [2.24, 2.45) is 5.92 Å². The van der Waals surface area contributed by atoms with E-state index >= 15 is 0 Å². The highest BCUT2D eigenvalue weighted by molar-refractivity contribution is 7.75. The minimum absolute atomic E-state index is 0.0395. The molecule has 2 spiro atoms. The number of ether oxygens (including phenoxy) is 1. The summed E-state index contributed by atoms with van der Waals surface area (Å²) in [6.07, 6.45) is 6.33. The molecule has 5 aliphatic carbocycles. The molecule has 10 rings (SSSR count). The zero-order valence-electron chi connectivity index (χ0n) is 25.2. The van der Waals surface area contributed by atoms with Gasteiger partial charge < -0.3 is 14.0 Å². The Balaban J connectivity index is 0.910. The summed E-state index contributed by atoms with van der Waals surface area (Å²) >= 11 is -2.05. The summed E-state index contributed by atoms with van der Waals surface area (Å²) in [5.41, 5.74) is 2.57. The number of aliphatic hydroxyl groups is 1. The van der Waals surface area contributed by atoms with Crippen molar-refractivity contribution < 1.29 is 27.2 Å². The minimum Gasteiger partial charge on any atom is -0.477 e. The van der Waals surface area contributed by atoms with E-state index in [-0.39, 0.29) is 28.9 Å². The summed E-state index contributed by atoms with van der Waals surface area (Å²) < 4.78 is 31.9. The third-order valence-corrected chi connectivity index (χ3v) is 13.5. The highest BCUT2D eigenvalue weighted by Gasteiger charge is 2.91. The van der Waals surface area contributed by atoms with Gasteiger partial charge in [0, 0.05) is 23.9 Å². The molecule has 3 aromatic carbocycles. The van der Waals surface area contributed by atoms with Gasteiger partial charge in [-0.05, 0) is 80.0 Å². The van der Waals surface area contributed by atoms with Gasteiger partial charge in [0.25, 0.3) is 0 Å². The molecule has 45 heavy (non-hydrogen) atoms. The molecule has 232 valence electrons. The highest BCUT2D eigenvalue weighted by atomic mass is 32.2. The van der Waals surface area contributed by atoms with Crippen LogP contribution in [0.3, 0.4) is 0 Å². The molecule has 1 saturated heterocycles. The van der Waals surface area contributed by atoms with Crippen LogP contribution in [0.15, 0.2) is 72.8 Å². The second kappa shape index (κ2) is 9.06. The first-order valence-electron chi connectivity index (χ1n) is 16.7. The largest absolute Gasteiger partial charge is 0.477 e. The Morgan fingerprint density at radius 1 is 0.911 bits per heavy atom. The van der Waals surface area contributed by atoms with E-state index in [4.69, 9.17) is 13.1 Å². The molecule has 2 heterocycles. The van der Waals surface area contributed by atoms with Crippen molar-refractivity contribution in [1.82, 2.24) is 4.90 Å². The maximum atomic E-state index is 13.4. The molecule has 7 unspecified atom stereocenters. The zero-order valence-corrected chi connectivity index (χ0v) is 26.0. The van der Waals surface area contributed by atoms with Crippen molar-refractivity contribution in [3.63, 3.8) is 0 Å². The van der Waals surface area contributed by atoms with Crippen molar-refractivity contribution in [2.75, 3.05) is 6.54 Å². The van der Waals surface area contributed by atoms with Crippen molar-refractivity contribution in [3.8, 4) is 11.5 Å². The van der Waals surface area contributed by atoms with Crippen LogP contribution >= 0.6 is 0 Å². The van der Waals surface area contributed by atoms with Crippen LogP contribution in [-0.4, -0.2) is 50.4 Å². The summed E-state index contributed by atoms with van der Waals surface area (Å²) in [5, 5.41) is 12.4. The monoisotopic (exact) mass is 623 g/mol.